The molecule has 37 heavy (non-hydrogen) atoms. The zero-order chi connectivity index (χ0) is 25.2. The van der Waals surface area contributed by atoms with E-state index in [1.807, 2.05) is 48.5 Å². The van der Waals surface area contributed by atoms with Gasteiger partial charge in [0.05, 0.1) is 31.0 Å². The largest absolute Gasteiger partial charge is 0.493 e. The standard InChI is InChI=1S/C33H27NO3/c1-35-29-22-28-31(34-26-20-12-13-21-27(26)37-28)30(32(29)36-2)33(23-14-6-3-7-15-23,24-16-8-4-9-17-24)25-18-10-5-11-19-25/h3-22,34H,1-2H3. The number of methoxy groups -OCH3 is 2. The maximum Gasteiger partial charge on any atom is 0.167 e. The summed E-state index contributed by atoms with van der Waals surface area (Å²) in [7, 11) is 3.35. The Balaban J connectivity index is 1.81. The second kappa shape index (κ2) is 9.40. The average Bonchev–Trinajstić information content (AvgIpc) is 2.98. The lowest BCUT2D eigenvalue weighted by atomic mass is 9.64. The van der Waals surface area contributed by atoms with Gasteiger partial charge in [-0.1, -0.05) is 103 Å². The van der Waals surface area contributed by atoms with Crippen LogP contribution in [0.3, 0.4) is 0 Å². The van der Waals surface area contributed by atoms with E-state index in [4.69, 9.17) is 14.2 Å². The third kappa shape index (κ3) is 3.61. The van der Waals surface area contributed by atoms with Gasteiger partial charge in [0.15, 0.2) is 23.0 Å². The molecule has 0 saturated heterocycles. The van der Waals surface area contributed by atoms with Gasteiger partial charge >= 0.3 is 0 Å². The lowest BCUT2D eigenvalue weighted by molar-refractivity contribution is 0.346. The van der Waals surface area contributed by atoms with Crippen molar-refractivity contribution in [2.45, 2.75) is 5.41 Å². The van der Waals surface area contributed by atoms with Crippen LogP contribution in [0.1, 0.15) is 22.3 Å². The van der Waals surface area contributed by atoms with Gasteiger partial charge in [0, 0.05) is 11.6 Å². The highest BCUT2D eigenvalue weighted by atomic mass is 16.5. The monoisotopic (exact) mass is 485 g/mol. The highest BCUT2D eigenvalue weighted by Gasteiger charge is 2.45. The van der Waals surface area contributed by atoms with Crippen LogP contribution in [-0.4, -0.2) is 14.2 Å². The second-order valence-electron chi connectivity index (χ2n) is 8.93. The van der Waals surface area contributed by atoms with Crippen LogP contribution >= 0.6 is 0 Å². The predicted octanol–water partition coefficient (Wildman–Crippen LogP) is 7.94. The smallest absolute Gasteiger partial charge is 0.167 e. The van der Waals surface area contributed by atoms with E-state index in [-0.39, 0.29) is 0 Å². The molecule has 0 unspecified atom stereocenters. The molecule has 4 heteroatoms. The van der Waals surface area contributed by atoms with Gasteiger partial charge in [-0.15, -0.1) is 0 Å². The van der Waals surface area contributed by atoms with Crippen LogP contribution in [0.2, 0.25) is 0 Å². The lowest BCUT2D eigenvalue weighted by Gasteiger charge is -2.40. The van der Waals surface area contributed by atoms with Crippen molar-refractivity contribution in [2.75, 3.05) is 19.5 Å². The molecule has 4 nitrogen and oxygen atoms in total. The van der Waals surface area contributed by atoms with Crippen molar-refractivity contribution in [1.29, 1.82) is 0 Å². The van der Waals surface area contributed by atoms with Crippen molar-refractivity contribution in [1.82, 2.24) is 0 Å². The number of ether oxygens (including phenoxy) is 3. The zero-order valence-corrected chi connectivity index (χ0v) is 20.8. The van der Waals surface area contributed by atoms with Crippen molar-refractivity contribution in [2.24, 2.45) is 0 Å². The first-order valence-electron chi connectivity index (χ1n) is 12.3. The van der Waals surface area contributed by atoms with Gasteiger partial charge in [-0.25, -0.2) is 0 Å². The fourth-order valence-electron chi connectivity index (χ4n) is 5.44. The summed E-state index contributed by atoms with van der Waals surface area (Å²) in [6.45, 7) is 0. The first-order chi connectivity index (χ1) is 18.3. The third-order valence-corrected chi connectivity index (χ3v) is 7.00. The summed E-state index contributed by atoms with van der Waals surface area (Å²) in [5, 5.41) is 3.69. The number of hydrogen-bond acceptors (Lipinski definition) is 4. The number of fused-ring (bicyclic) bond motifs is 2. The minimum Gasteiger partial charge on any atom is -0.493 e. The molecule has 5 aromatic rings. The molecule has 0 saturated carbocycles. The number of anilines is 2. The van der Waals surface area contributed by atoms with Crippen LogP contribution in [0.4, 0.5) is 11.4 Å². The normalized spacial score (nSPS) is 11.9. The van der Waals surface area contributed by atoms with E-state index in [1.54, 1.807) is 14.2 Å². The molecule has 1 aliphatic heterocycles. The molecule has 0 aromatic heterocycles. The first-order valence-corrected chi connectivity index (χ1v) is 12.3. The number of rotatable bonds is 6. The number of benzene rings is 5. The van der Waals surface area contributed by atoms with Crippen molar-refractivity contribution in [3.05, 3.63) is 144 Å². The molecule has 0 radical (unpaired) electrons. The van der Waals surface area contributed by atoms with Crippen molar-refractivity contribution in [3.8, 4) is 23.0 Å². The highest BCUT2D eigenvalue weighted by Crippen LogP contribution is 2.58. The molecule has 0 spiro atoms. The topological polar surface area (TPSA) is 39.7 Å². The van der Waals surface area contributed by atoms with Crippen molar-refractivity contribution >= 4 is 11.4 Å². The van der Waals surface area contributed by atoms with E-state index >= 15 is 0 Å². The molecule has 0 amide bonds. The molecule has 0 aliphatic carbocycles. The van der Waals surface area contributed by atoms with Gasteiger partial charge in [-0.3, -0.25) is 0 Å². The molecule has 0 atom stereocenters. The number of nitrogens with one attached hydrogen (secondary N) is 1. The fourth-order valence-corrected chi connectivity index (χ4v) is 5.44. The van der Waals surface area contributed by atoms with E-state index in [2.05, 4.69) is 78.1 Å². The Kier molecular flexibility index (Phi) is 5.78. The van der Waals surface area contributed by atoms with Gasteiger partial charge in [0.1, 0.15) is 0 Å². The Bertz CT molecular complexity index is 1440. The Hall–Kier alpha value is -4.70. The maximum absolute atomic E-state index is 6.46. The summed E-state index contributed by atoms with van der Waals surface area (Å²) in [5.41, 5.74) is 5.20. The minimum atomic E-state index is -0.754. The molecule has 1 N–H and O–H groups in total. The zero-order valence-electron chi connectivity index (χ0n) is 20.8. The van der Waals surface area contributed by atoms with Crippen LogP contribution < -0.4 is 19.5 Å². The molecule has 1 heterocycles. The average molecular weight is 486 g/mol. The Morgan fingerprint density at radius 3 is 1.62 bits per heavy atom. The molecular formula is C33H27NO3. The second-order valence-corrected chi connectivity index (χ2v) is 8.93. The van der Waals surface area contributed by atoms with E-state index in [9.17, 15) is 0 Å². The van der Waals surface area contributed by atoms with Crippen LogP contribution in [0.25, 0.3) is 0 Å². The summed E-state index contributed by atoms with van der Waals surface area (Å²) in [5.74, 6) is 2.69. The van der Waals surface area contributed by atoms with E-state index in [0.29, 0.717) is 17.2 Å². The first kappa shape index (κ1) is 22.7. The maximum atomic E-state index is 6.46. The van der Waals surface area contributed by atoms with Crippen LogP contribution in [0.15, 0.2) is 121 Å². The molecule has 182 valence electrons. The summed E-state index contributed by atoms with van der Waals surface area (Å²) in [6.07, 6.45) is 0. The molecular weight excluding hydrogens is 458 g/mol. The van der Waals surface area contributed by atoms with Gasteiger partial charge in [0.2, 0.25) is 0 Å². The van der Waals surface area contributed by atoms with Gasteiger partial charge in [-0.2, -0.15) is 0 Å². The predicted molar refractivity (Wildman–Crippen MR) is 148 cm³/mol. The van der Waals surface area contributed by atoms with E-state index < -0.39 is 5.41 Å². The van der Waals surface area contributed by atoms with Crippen LogP contribution in [-0.2, 0) is 5.41 Å². The summed E-state index contributed by atoms with van der Waals surface area (Å²) < 4.78 is 18.5. The van der Waals surface area contributed by atoms with Gasteiger partial charge < -0.3 is 19.5 Å². The molecule has 6 rings (SSSR count). The van der Waals surface area contributed by atoms with Crippen LogP contribution in [0, 0.1) is 0 Å². The number of para-hydroxylation sites is 2. The van der Waals surface area contributed by atoms with Gasteiger partial charge in [-0.05, 0) is 28.8 Å². The van der Waals surface area contributed by atoms with E-state index in [1.165, 1.54) is 0 Å². The summed E-state index contributed by atoms with van der Waals surface area (Å²) >= 11 is 0. The molecule has 5 aromatic carbocycles. The summed E-state index contributed by atoms with van der Waals surface area (Å²) in [4.78, 5) is 0. The third-order valence-electron chi connectivity index (χ3n) is 7.00. The molecule has 0 bridgehead atoms. The lowest BCUT2D eigenvalue weighted by Crippen LogP contribution is -2.33. The Labute approximate surface area is 217 Å². The quantitative estimate of drug-likeness (QED) is 0.243. The van der Waals surface area contributed by atoms with Crippen molar-refractivity contribution in [3.63, 3.8) is 0 Å². The minimum absolute atomic E-state index is 0.601. The Morgan fingerprint density at radius 1 is 0.595 bits per heavy atom. The Morgan fingerprint density at radius 2 is 1.11 bits per heavy atom. The SMILES string of the molecule is COc1cc2c(c(C(c3ccccc3)(c3ccccc3)c3ccccc3)c1OC)Nc1ccccc1O2. The molecule has 1 aliphatic rings. The van der Waals surface area contributed by atoms with Crippen LogP contribution in [0.5, 0.6) is 23.0 Å². The summed E-state index contributed by atoms with van der Waals surface area (Å²) in [6, 6.07) is 41.5. The highest BCUT2D eigenvalue weighted by molar-refractivity contribution is 5.85. The fraction of sp³-hybridized carbons (Fsp3) is 0.0909. The number of hydrogen-bond donors (Lipinski definition) is 1. The van der Waals surface area contributed by atoms with Crippen molar-refractivity contribution < 1.29 is 14.2 Å². The van der Waals surface area contributed by atoms with E-state index in [0.717, 1.165) is 39.4 Å². The molecule has 0 fully saturated rings. The van der Waals surface area contributed by atoms with Gasteiger partial charge in [0.25, 0.3) is 0 Å².